The first-order chi connectivity index (χ1) is 15.6. The van der Waals surface area contributed by atoms with Crippen LogP contribution < -0.4 is 4.90 Å². The van der Waals surface area contributed by atoms with Gasteiger partial charge in [-0.3, -0.25) is 14.6 Å². The molecule has 0 bridgehead atoms. The lowest BCUT2D eigenvalue weighted by molar-refractivity contribution is 0.199. The quantitative estimate of drug-likeness (QED) is 0.482. The Kier molecular flexibility index (Phi) is 5.57. The summed E-state index contributed by atoms with van der Waals surface area (Å²) in [5.74, 6) is 0.982. The summed E-state index contributed by atoms with van der Waals surface area (Å²) in [7, 11) is 4.17. The Morgan fingerprint density at radius 3 is 2.50 bits per heavy atom. The Hall–Kier alpha value is -3.32. The van der Waals surface area contributed by atoms with Crippen molar-refractivity contribution in [2.24, 2.45) is 7.05 Å². The van der Waals surface area contributed by atoms with E-state index in [-0.39, 0.29) is 0 Å². The first-order valence-corrected chi connectivity index (χ1v) is 11.2. The van der Waals surface area contributed by atoms with E-state index in [9.17, 15) is 0 Å². The van der Waals surface area contributed by atoms with E-state index in [0.717, 1.165) is 60.5 Å². The van der Waals surface area contributed by atoms with Gasteiger partial charge in [0, 0.05) is 62.1 Å². The van der Waals surface area contributed by atoms with Gasteiger partial charge in [0.25, 0.3) is 0 Å². The predicted octanol–water partition coefficient (Wildman–Crippen LogP) is 3.83. The predicted molar refractivity (Wildman–Crippen MR) is 127 cm³/mol. The van der Waals surface area contributed by atoms with Gasteiger partial charge < -0.3 is 4.90 Å². The number of aromatic nitrogens is 5. The van der Waals surface area contributed by atoms with Crippen molar-refractivity contribution < 1.29 is 0 Å². The molecule has 0 radical (unpaired) electrons. The highest BCUT2D eigenvalue weighted by molar-refractivity contribution is 5.99. The van der Waals surface area contributed by atoms with Gasteiger partial charge in [0.05, 0.1) is 5.69 Å². The fourth-order valence-corrected chi connectivity index (χ4v) is 4.70. The van der Waals surface area contributed by atoms with Crippen molar-refractivity contribution in [3.05, 3.63) is 66.1 Å². The number of anilines is 1. The summed E-state index contributed by atoms with van der Waals surface area (Å²) in [5, 5.41) is 15.9. The SMILES string of the molecule is Cc1ccncc1CN(C)C1CCN(c2nnc(-c3ccnn3C)c3ccccc23)CC1. The molecule has 1 aromatic carbocycles. The maximum absolute atomic E-state index is 4.69. The van der Waals surface area contributed by atoms with E-state index in [1.165, 1.54) is 11.1 Å². The second kappa shape index (κ2) is 8.67. The van der Waals surface area contributed by atoms with Crippen molar-refractivity contribution in [2.75, 3.05) is 25.0 Å². The summed E-state index contributed by atoms with van der Waals surface area (Å²) < 4.78 is 1.85. The van der Waals surface area contributed by atoms with Crippen LogP contribution in [-0.4, -0.2) is 56.0 Å². The van der Waals surface area contributed by atoms with E-state index in [0.29, 0.717) is 6.04 Å². The van der Waals surface area contributed by atoms with Gasteiger partial charge in [-0.2, -0.15) is 5.10 Å². The van der Waals surface area contributed by atoms with E-state index in [4.69, 9.17) is 0 Å². The molecule has 4 heterocycles. The van der Waals surface area contributed by atoms with Gasteiger partial charge in [0.2, 0.25) is 0 Å². The number of fused-ring (bicyclic) bond motifs is 1. The monoisotopic (exact) mass is 427 g/mol. The van der Waals surface area contributed by atoms with Crippen LogP contribution in [0, 0.1) is 6.92 Å². The number of rotatable bonds is 5. The van der Waals surface area contributed by atoms with Gasteiger partial charge in [0.15, 0.2) is 5.82 Å². The molecule has 0 aliphatic carbocycles. The zero-order chi connectivity index (χ0) is 22.1. The Bertz CT molecular complexity index is 1220. The number of hydrogen-bond donors (Lipinski definition) is 0. The van der Waals surface area contributed by atoms with Crippen LogP contribution in [0.5, 0.6) is 0 Å². The van der Waals surface area contributed by atoms with Crippen LogP contribution in [0.1, 0.15) is 24.0 Å². The minimum Gasteiger partial charge on any atom is -0.354 e. The standard InChI is InChI=1S/C25H29N7/c1-18-8-12-26-16-19(18)17-30(2)20-10-14-32(15-11-20)25-22-7-5-4-6-21(22)24(28-29-25)23-9-13-27-31(23)3/h4-9,12-13,16,20H,10-11,14-15,17H2,1-3H3. The van der Waals surface area contributed by atoms with Gasteiger partial charge >= 0.3 is 0 Å². The van der Waals surface area contributed by atoms with Gasteiger partial charge in [-0.25, -0.2) is 0 Å². The summed E-state index contributed by atoms with van der Waals surface area (Å²) in [6.07, 6.45) is 7.87. The number of pyridine rings is 1. The minimum absolute atomic E-state index is 0.554. The van der Waals surface area contributed by atoms with Gasteiger partial charge in [0.1, 0.15) is 5.69 Å². The highest BCUT2D eigenvalue weighted by Gasteiger charge is 2.25. The third-order valence-corrected chi connectivity index (χ3v) is 6.69. The molecular weight excluding hydrogens is 398 g/mol. The molecular formula is C25H29N7. The number of nitrogens with zero attached hydrogens (tertiary/aromatic N) is 7. The smallest absolute Gasteiger partial charge is 0.159 e. The number of hydrogen-bond acceptors (Lipinski definition) is 6. The molecule has 1 fully saturated rings. The van der Waals surface area contributed by atoms with Crippen LogP contribution in [0.3, 0.4) is 0 Å². The maximum Gasteiger partial charge on any atom is 0.159 e. The molecule has 4 aromatic rings. The molecule has 0 saturated carbocycles. The van der Waals surface area contributed by atoms with Gasteiger partial charge in [-0.05, 0) is 50.1 Å². The summed E-state index contributed by atoms with van der Waals surface area (Å²) in [4.78, 5) is 9.16. The third kappa shape index (κ3) is 3.84. The third-order valence-electron chi connectivity index (χ3n) is 6.69. The largest absolute Gasteiger partial charge is 0.354 e. The summed E-state index contributed by atoms with van der Waals surface area (Å²) in [5.41, 5.74) is 4.47. The van der Waals surface area contributed by atoms with E-state index in [1.807, 2.05) is 30.2 Å². The second-order valence-electron chi connectivity index (χ2n) is 8.69. The average Bonchev–Trinajstić information content (AvgIpc) is 3.25. The van der Waals surface area contributed by atoms with Crippen molar-refractivity contribution in [3.63, 3.8) is 0 Å². The van der Waals surface area contributed by atoms with Crippen LogP contribution in [0.2, 0.25) is 0 Å². The molecule has 1 saturated heterocycles. The molecule has 1 aliphatic rings. The number of aryl methyl sites for hydroxylation is 2. The molecule has 0 atom stereocenters. The fraction of sp³-hybridized carbons (Fsp3) is 0.360. The van der Waals surface area contributed by atoms with E-state index < -0.39 is 0 Å². The molecule has 7 nitrogen and oxygen atoms in total. The lowest BCUT2D eigenvalue weighted by Crippen LogP contribution is -2.43. The molecule has 1 aliphatic heterocycles. The van der Waals surface area contributed by atoms with Crippen LogP contribution in [0.15, 0.2) is 55.0 Å². The van der Waals surface area contributed by atoms with Crippen molar-refractivity contribution in [2.45, 2.75) is 32.4 Å². The molecule has 3 aromatic heterocycles. The van der Waals surface area contributed by atoms with E-state index in [2.05, 4.69) is 74.4 Å². The normalized spacial score (nSPS) is 15.1. The lowest BCUT2D eigenvalue weighted by atomic mass is 10.0. The molecule has 0 N–H and O–H groups in total. The topological polar surface area (TPSA) is 63.0 Å². The Morgan fingerprint density at radius 1 is 1.00 bits per heavy atom. The Labute approximate surface area is 188 Å². The molecule has 32 heavy (non-hydrogen) atoms. The average molecular weight is 428 g/mol. The van der Waals surface area contributed by atoms with Crippen LogP contribution in [-0.2, 0) is 13.6 Å². The van der Waals surface area contributed by atoms with Crippen molar-refractivity contribution in [3.8, 4) is 11.4 Å². The second-order valence-corrected chi connectivity index (χ2v) is 8.69. The summed E-state index contributed by atoms with van der Waals surface area (Å²) in [6, 6.07) is 13.1. The van der Waals surface area contributed by atoms with Crippen LogP contribution in [0.25, 0.3) is 22.2 Å². The molecule has 7 heteroatoms. The van der Waals surface area contributed by atoms with Gasteiger partial charge in [-0.15, -0.1) is 10.2 Å². The van der Waals surface area contributed by atoms with Gasteiger partial charge in [-0.1, -0.05) is 24.3 Å². The number of benzene rings is 1. The van der Waals surface area contributed by atoms with Crippen molar-refractivity contribution in [1.29, 1.82) is 0 Å². The van der Waals surface area contributed by atoms with Crippen LogP contribution >= 0.6 is 0 Å². The van der Waals surface area contributed by atoms with Crippen molar-refractivity contribution >= 4 is 16.6 Å². The molecule has 164 valence electrons. The summed E-state index contributed by atoms with van der Waals surface area (Å²) >= 11 is 0. The lowest BCUT2D eigenvalue weighted by Gasteiger charge is -2.37. The first-order valence-electron chi connectivity index (χ1n) is 11.2. The number of piperidine rings is 1. The molecule has 5 rings (SSSR count). The maximum atomic E-state index is 4.69. The summed E-state index contributed by atoms with van der Waals surface area (Å²) in [6.45, 7) is 5.05. The minimum atomic E-state index is 0.554. The zero-order valence-corrected chi connectivity index (χ0v) is 18.9. The van der Waals surface area contributed by atoms with Crippen molar-refractivity contribution in [1.82, 2.24) is 29.9 Å². The zero-order valence-electron chi connectivity index (χ0n) is 18.9. The van der Waals surface area contributed by atoms with E-state index >= 15 is 0 Å². The molecule has 0 spiro atoms. The van der Waals surface area contributed by atoms with Crippen LogP contribution in [0.4, 0.5) is 5.82 Å². The Balaban J connectivity index is 1.34. The first kappa shape index (κ1) is 20.6. The Morgan fingerprint density at radius 2 is 1.78 bits per heavy atom. The van der Waals surface area contributed by atoms with E-state index in [1.54, 1.807) is 6.20 Å². The fourth-order valence-electron chi connectivity index (χ4n) is 4.70. The molecule has 0 unspecified atom stereocenters. The molecule has 0 amide bonds. The highest BCUT2D eigenvalue weighted by atomic mass is 15.3. The highest BCUT2D eigenvalue weighted by Crippen LogP contribution is 2.32.